The maximum Gasteiger partial charge on any atom is 0.257 e. The van der Waals surface area contributed by atoms with Crippen LogP contribution in [0, 0.1) is 0 Å². The highest BCUT2D eigenvalue weighted by Gasteiger charge is 2.09. The summed E-state index contributed by atoms with van der Waals surface area (Å²) in [6, 6.07) is 13.9. The highest BCUT2D eigenvalue weighted by atomic mass is 32.1. The number of ether oxygens (including phenoxy) is 1. The summed E-state index contributed by atoms with van der Waals surface area (Å²) in [5.41, 5.74) is 1.70. The number of hydrogen-bond acceptors (Lipinski definition) is 4. The van der Waals surface area contributed by atoms with Gasteiger partial charge < -0.3 is 10.1 Å². The number of hydrogen-bond donors (Lipinski definition) is 2. The Hall–Kier alpha value is -2.73. The topological polar surface area (TPSA) is 67.4 Å². The van der Waals surface area contributed by atoms with Crippen molar-refractivity contribution < 1.29 is 14.3 Å². The van der Waals surface area contributed by atoms with Gasteiger partial charge in [-0.15, -0.1) is 0 Å². The van der Waals surface area contributed by atoms with E-state index in [9.17, 15) is 9.59 Å². The molecule has 0 aromatic heterocycles. The van der Waals surface area contributed by atoms with Gasteiger partial charge in [-0.3, -0.25) is 14.9 Å². The molecule has 0 fully saturated rings. The van der Waals surface area contributed by atoms with Crippen LogP contribution in [-0.4, -0.2) is 23.4 Å². The monoisotopic (exact) mass is 384 g/mol. The van der Waals surface area contributed by atoms with Gasteiger partial charge in [0.2, 0.25) is 0 Å². The molecule has 0 unspecified atom stereocenters. The molecule has 27 heavy (non-hydrogen) atoms. The van der Waals surface area contributed by atoms with Gasteiger partial charge in [-0.2, -0.15) is 0 Å². The maximum atomic E-state index is 12.3. The van der Waals surface area contributed by atoms with Gasteiger partial charge in [-0.1, -0.05) is 31.9 Å². The predicted octanol–water partition coefficient (Wildman–Crippen LogP) is 4.59. The number of benzene rings is 2. The van der Waals surface area contributed by atoms with Crippen molar-refractivity contribution >= 4 is 34.7 Å². The van der Waals surface area contributed by atoms with Crippen molar-refractivity contribution in [3.8, 4) is 5.75 Å². The first-order chi connectivity index (χ1) is 13.0. The zero-order chi connectivity index (χ0) is 19.6. The van der Waals surface area contributed by atoms with Crippen LogP contribution in [0.3, 0.4) is 0 Å². The van der Waals surface area contributed by atoms with E-state index in [1.807, 2.05) is 0 Å². The van der Waals surface area contributed by atoms with Crippen molar-refractivity contribution in [3.63, 3.8) is 0 Å². The summed E-state index contributed by atoms with van der Waals surface area (Å²) in [6.45, 7) is 4.32. The fourth-order valence-electron chi connectivity index (χ4n) is 2.40. The summed E-state index contributed by atoms with van der Waals surface area (Å²) >= 11 is 5.18. The highest BCUT2D eigenvalue weighted by molar-refractivity contribution is 7.80. The van der Waals surface area contributed by atoms with E-state index in [0.717, 1.165) is 25.0 Å². The van der Waals surface area contributed by atoms with Gasteiger partial charge in [-0.25, -0.2) is 0 Å². The van der Waals surface area contributed by atoms with Crippen LogP contribution in [0.1, 0.15) is 53.8 Å². The molecule has 2 aromatic carbocycles. The van der Waals surface area contributed by atoms with E-state index < -0.39 is 0 Å². The van der Waals surface area contributed by atoms with E-state index in [2.05, 4.69) is 17.6 Å². The van der Waals surface area contributed by atoms with Crippen LogP contribution < -0.4 is 15.4 Å². The number of anilines is 1. The summed E-state index contributed by atoms with van der Waals surface area (Å²) in [7, 11) is 0. The van der Waals surface area contributed by atoms with Crippen molar-refractivity contribution in [1.82, 2.24) is 5.32 Å². The molecule has 2 N–H and O–H groups in total. The summed E-state index contributed by atoms with van der Waals surface area (Å²) < 4.78 is 5.64. The van der Waals surface area contributed by atoms with Crippen LogP contribution in [0.4, 0.5) is 5.69 Å². The number of unbranched alkanes of at least 4 members (excludes halogenated alkanes) is 2. The zero-order valence-electron chi connectivity index (χ0n) is 15.6. The minimum atomic E-state index is -0.312. The summed E-state index contributed by atoms with van der Waals surface area (Å²) in [4.78, 5) is 23.7. The van der Waals surface area contributed by atoms with Crippen molar-refractivity contribution in [2.24, 2.45) is 0 Å². The molecule has 5 nitrogen and oxygen atoms in total. The number of carbonyl (C=O) groups is 2. The number of amides is 1. The summed E-state index contributed by atoms with van der Waals surface area (Å²) in [5, 5.41) is 5.71. The molecule has 0 saturated heterocycles. The van der Waals surface area contributed by atoms with Gasteiger partial charge in [-0.05, 0) is 62.0 Å². The Balaban J connectivity index is 1.87. The van der Waals surface area contributed by atoms with E-state index in [1.165, 1.54) is 6.92 Å². The number of rotatable bonds is 8. The Morgan fingerprint density at radius 3 is 2.44 bits per heavy atom. The molecular formula is C21H24N2O3S. The number of Topliss-reactive ketones (excluding diaryl/α,β-unsaturated/α-hetero) is 1. The lowest BCUT2D eigenvalue weighted by molar-refractivity contribution is 0.0975. The van der Waals surface area contributed by atoms with Crippen LogP contribution in [0.5, 0.6) is 5.75 Å². The van der Waals surface area contributed by atoms with Crippen molar-refractivity contribution in [1.29, 1.82) is 0 Å². The molecule has 142 valence electrons. The minimum absolute atomic E-state index is 0.0365. The van der Waals surface area contributed by atoms with E-state index in [0.29, 0.717) is 23.4 Å². The van der Waals surface area contributed by atoms with Gasteiger partial charge in [0.05, 0.1) is 6.61 Å². The standard InChI is InChI=1S/C21H24N2O3S/c1-3-4-5-13-26-19-11-9-16(10-12-19)20(25)23-21(27)22-18-8-6-7-17(14-18)15(2)24/h6-12,14H,3-5,13H2,1-2H3,(H2,22,23,25,27). The second kappa shape index (κ2) is 10.4. The molecule has 6 heteroatoms. The van der Waals surface area contributed by atoms with Gasteiger partial charge in [0.1, 0.15) is 5.75 Å². The summed E-state index contributed by atoms with van der Waals surface area (Å²) in [5.74, 6) is 0.391. The average Bonchev–Trinajstić information content (AvgIpc) is 2.65. The molecule has 0 atom stereocenters. The largest absolute Gasteiger partial charge is 0.494 e. The van der Waals surface area contributed by atoms with Crippen LogP contribution in [0.25, 0.3) is 0 Å². The quantitative estimate of drug-likeness (QED) is 0.396. The van der Waals surface area contributed by atoms with Crippen LogP contribution in [-0.2, 0) is 0 Å². The normalized spacial score (nSPS) is 10.1. The lowest BCUT2D eigenvalue weighted by Gasteiger charge is -2.11. The van der Waals surface area contributed by atoms with E-state index in [-0.39, 0.29) is 16.8 Å². The first kappa shape index (κ1) is 20.6. The van der Waals surface area contributed by atoms with Crippen molar-refractivity contribution in [3.05, 3.63) is 59.7 Å². The molecule has 1 amide bonds. The molecule has 0 aliphatic carbocycles. The molecule has 0 bridgehead atoms. The third-order valence-corrected chi connectivity index (χ3v) is 4.09. The van der Waals surface area contributed by atoms with E-state index >= 15 is 0 Å². The molecule has 0 heterocycles. The van der Waals surface area contributed by atoms with Crippen molar-refractivity contribution in [2.75, 3.05) is 11.9 Å². The first-order valence-electron chi connectivity index (χ1n) is 8.96. The third-order valence-electron chi connectivity index (χ3n) is 3.89. The van der Waals surface area contributed by atoms with E-state index in [1.54, 1.807) is 48.5 Å². The Morgan fingerprint density at radius 1 is 1.04 bits per heavy atom. The highest BCUT2D eigenvalue weighted by Crippen LogP contribution is 2.14. The molecule has 0 saturated carbocycles. The molecule has 0 spiro atoms. The van der Waals surface area contributed by atoms with Crippen molar-refractivity contribution in [2.45, 2.75) is 33.1 Å². The van der Waals surface area contributed by atoms with Crippen LogP contribution in [0.2, 0.25) is 0 Å². The molecule has 2 rings (SSSR count). The second-order valence-corrected chi connectivity index (χ2v) is 6.53. The molecule has 0 aliphatic rings. The van der Waals surface area contributed by atoms with Crippen LogP contribution >= 0.6 is 12.2 Å². The molecular weight excluding hydrogens is 360 g/mol. The predicted molar refractivity (Wildman–Crippen MR) is 112 cm³/mol. The molecule has 2 aromatic rings. The Kier molecular flexibility index (Phi) is 7.95. The second-order valence-electron chi connectivity index (χ2n) is 6.13. The summed E-state index contributed by atoms with van der Waals surface area (Å²) in [6.07, 6.45) is 3.30. The average molecular weight is 385 g/mol. The fraction of sp³-hybridized carbons (Fsp3) is 0.286. The van der Waals surface area contributed by atoms with Gasteiger partial charge >= 0.3 is 0 Å². The number of ketones is 1. The number of thiocarbonyl (C=S) groups is 1. The molecule has 0 radical (unpaired) electrons. The maximum absolute atomic E-state index is 12.3. The Morgan fingerprint density at radius 2 is 1.78 bits per heavy atom. The van der Waals surface area contributed by atoms with Gasteiger partial charge in [0.25, 0.3) is 5.91 Å². The van der Waals surface area contributed by atoms with Gasteiger partial charge in [0.15, 0.2) is 10.9 Å². The zero-order valence-corrected chi connectivity index (χ0v) is 16.4. The minimum Gasteiger partial charge on any atom is -0.494 e. The number of carbonyl (C=O) groups excluding carboxylic acids is 2. The van der Waals surface area contributed by atoms with Gasteiger partial charge in [0, 0.05) is 16.8 Å². The first-order valence-corrected chi connectivity index (χ1v) is 9.36. The Labute approximate surface area is 165 Å². The fourth-order valence-corrected chi connectivity index (χ4v) is 2.61. The lowest BCUT2D eigenvalue weighted by atomic mass is 10.1. The third kappa shape index (κ3) is 6.83. The lowest BCUT2D eigenvalue weighted by Crippen LogP contribution is -2.34. The smallest absolute Gasteiger partial charge is 0.257 e. The van der Waals surface area contributed by atoms with E-state index in [4.69, 9.17) is 17.0 Å². The van der Waals surface area contributed by atoms with Crippen LogP contribution in [0.15, 0.2) is 48.5 Å². The Bertz CT molecular complexity index is 803. The molecule has 0 aliphatic heterocycles. The SMILES string of the molecule is CCCCCOc1ccc(C(=O)NC(=S)Nc2cccc(C(C)=O)c2)cc1. The number of nitrogens with one attached hydrogen (secondary N) is 2.